The molecule has 1 N–H and O–H groups in total. The number of aryl methyl sites for hydroxylation is 1. The summed E-state index contributed by atoms with van der Waals surface area (Å²) in [5.41, 5.74) is 1.78. The molecular weight excluding hydrogens is 589 g/mol. The summed E-state index contributed by atoms with van der Waals surface area (Å²) < 4.78 is 27.3. The van der Waals surface area contributed by atoms with Crippen molar-refractivity contribution in [2.75, 3.05) is 17.1 Å². The number of sulfonamides is 1. The molecule has 11 heteroatoms. The smallest absolute Gasteiger partial charge is 0.244 e. The molecule has 36 heavy (non-hydrogen) atoms. The number of hydrogen-bond acceptors (Lipinski definition) is 4. The van der Waals surface area contributed by atoms with Gasteiger partial charge in [-0.05, 0) is 68.1 Å². The van der Waals surface area contributed by atoms with Crippen molar-refractivity contribution in [3.63, 3.8) is 0 Å². The Bertz CT molecular complexity index is 1240. The van der Waals surface area contributed by atoms with Crippen LogP contribution in [-0.2, 0) is 26.2 Å². The molecule has 3 rings (SSSR count). The largest absolute Gasteiger partial charge is 0.352 e. The van der Waals surface area contributed by atoms with Gasteiger partial charge in [0.25, 0.3) is 0 Å². The van der Waals surface area contributed by atoms with Crippen LogP contribution in [0.5, 0.6) is 0 Å². The third kappa shape index (κ3) is 7.37. The topological polar surface area (TPSA) is 86.8 Å². The van der Waals surface area contributed by atoms with Gasteiger partial charge in [0.15, 0.2) is 0 Å². The van der Waals surface area contributed by atoms with E-state index in [0.29, 0.717) is 21.3 Å². The second-order valence-electron chi connectivity index (χ2n) is 9.13. The van der Waals surface area contributed by atoms with Crippen LogP contribution in [0.15, 0.2) is 40.9 Å². The molecule has 2 aromatic rings. The van der Waals surface area contributed by atoms with E-state index in [1.54, 1.807) is 43.3 Å². The zero-order chi connectivity index (χ0) is 26.6. The standard InChI is InChI=1S/C25H30BrCl2N3O4S/c1-16-12-21(10-11-22(16)26)31(36(3,34)35)15-24(32)30(14-18-8-9-19(27)13-23(18)28)17(2)25(33)29-20-6-4-5-7-20/h8-13,17,20H,4-7,14-15H2,1-3H3,(H,29,33). The average molecular weight is 619 g/mol. The van der Waals surface area contributed by atoms with Gasteiger partial charge in [0.1, 0.15) is 12.6 Å². The molecule has 0 radical (unpaired) electrons. The molecule has 1 fully saturated rings. The van der Waals surface area contributed by atoms with Crippen LogP contribution in [0.2, 0.25) is 10.0 Å². The maximum atomic E-state index is 13.7. The van der Waals surface area contributed by atoms with Gasteiger partial charge < -0.3 is 10.2 Å². The van der Waals surface area contributed by atoms with E-state index < -0.39 is 28.5 Å². The molecule has 7 nitrogen and oxygen atoms in total. The minimum Gasteiger partial charge on any atom is -0.352 e. The first-order valence-electron chi connectivity index (χ1n) is 11.6. The molecule has 2 aromatic carbocycles. The molecule has 0 heterocycles. The highest BCUT2D eigenvalue weighted by Gasteiger charge is 2.31. The van der Waals surface area contributed by atoms with E-state index in [2.05, 4.69) is 21.2 Å². The fourth-order valence-electron chi connectivity index (χ4n) is 4.21. The number of anilines is 1. The fraction of sp³-hybridized carbons (Fsp3) is 0.440. The van der Waals surface area contributed by atoms with Crippen molar-refractivity contribution >= 4 is 66.7 Å². The first-order chi connectivity index (χ1) is 16.9. The number of rotatable bonds is 9. The highest BCUT2D eigenvalue weighted by Crippen LogP contribution is 2.27. The minimum atomic E-state index is -3.80. The van der Waals surface area contributed by atoms with E-state index in [4.69, 9.17) is 23.2 Å². The molecule has 0 aromatic heterocycles. The Labute approximate surface area is 231 Å². The molecule has 0 bridgehead atoms. The maximum absolute atomic E-state index is 13.7. The van der Waals surface area contributed by atoms with Gasteiger partial charge in [0.05, 0.1) is 11.9 Å². The van der Waals surface area contributed by atoms with Crippen LogP contribution >= 0.6 is 39.1 Å². The molecular formula is C25H30BrCl2N3O4S. The molecule has 1 unspecified atom stereocenters. The van der Waals surface area contributed by atoms with E-state index in [9.17, 15) is 18.0 Å². The van der Waals surface area contributed by atoms with E-state index in [1.165, 1.54) is 4.90 Å². The molecule has 1 saturated carbocycles. The van der Waals surface area contributed by atoms with Crippen molar-refractivity contribution in [2.45, 2.75) is 58.2 Å². The second-order valence-corrected chi connectivity index (χ2v) is 12.7. The summed E-state index contributed by atoms with van der Waals surface area (Å²) >= 11 is 15.8. The van der Waals surface area contributed by atoms with Gasteiger partial charge in [-0.15, -0.1) is 0 Å². The number of amides is 2. The summed E-state index contributed by atoms with van der Waals surface area (Å²) in [6, 6.07) is 9.19. The summed E-state index contributed by atoms with van der Waals surface area (Å²) in [5, 5.41) is 3.83. The van der Waals surface area contributed by atoms with Gasteiger partial charge in [-0.1, -0.05) is 58.0 Å². The molecule has 0 saturated heterocycles. The Morgan fingerprint density at radius 2 is 1.81 bits per heavy atom. The number of hydrogen-bond donors (Lipinski definition) is 1. The summed E-state index contributed by atoms with van der Waals surface area (Å²) in [7, 11) is -3.80. The summed E-state index contributed by atoms with van der Waals surface area (Å²) in [6.07, 6.45) is 4.96. The number of carbonyl (C=O) groups is 2. The minimum absolute atomic E-state index is 0.0189. The SMILES string of the molecule is Cc1cc(N(CC(=O)N(Cc2ccc(Cl)cc2Cl)C(C)C(=O)NC2CCCC2)S(C)(=O)=O)ccc1Br. The van der Waals surface area contributed by atoms with Gasteiger partial charge in [0.2, 0.25) is 21.8 Å². The Balaban J connectivity index is 1.92. The van der Waals surface area contributed by atoms with E-state index in [-0.39, 0.29) is 18.5 Å². The molecule has 0 aliphatic heterocycles. The Morgan fingerprint density at radius 3 is 2.39 bits per heavy atom. The lowest BCUT2D eigenvalue weighted by molar-refractivity contribution is -0.139. The third-order valence-electron chi connectivity index (χ3n) is 6.33. The summed E-state index contributed by atoms with van der Waals surface area (Å²) in [5.74, 6) is -0.813. The van der Waals surface area contributed by atoms with Crippen LogP contribution in [0.25, 0.3) is 0 Å². The van der Waals surface area contributed by atoms with Crippen molar-refractivity contribution in [3.05, 3.63) is 62.0 Å². The van der Waals surface area contributed by atoms with Gasteiger partial charge in [0, 0.05) is 27.1 Å². The number of benzene rings is 2. The zero-order valence-corrected chi connectivity index (χ0v) is 24.3. The van der Waals surface area contributed by atoms with E-state index in [1.807, 2.05) is 6.92 Å². The second kappa shape index (κ2) is 12.2. The van der Waals surface area contributed by atoms with Crippen LogP contribution in [0.3, 0.4) is 0 Å². The molecule has 0 spiro atoms. The van der Waals surface area contributed by atoms with Crippen LogP contribution in [0.4, 0.5) is 5.69 Å². The summed E-state index contributed by atoms with van der Waals surface area (Å²) in [4.78, 5) is 28.1. The van der Waals surface area contributed by atoms with Crippen molar-refractivity contribution in [1.82, 2.24) is 10.2 Å². The number of nitrogens with one attached hydrogen (secondary N) is 1. The average Bonchev–Trinajstić information content (AvgIpc) is 3.30. The number of halogens is 3. The number of nitrogens with zero attached hydrogens (tertiary/aromatic N) is 2. The Morgan fingerprint density at radius 1 is 1.14 bits per heavy atom. The van der Waals surface area contributed by atoms with Gasteiger partial charge in [-0.3, -0.25) is 13.9 Å². The van der Waals surface area contributed by atoms with Crippen molar-refractivity contribution in [2.24, 2.45) is 0 Å². The van der Waals surface area contributed by atoms with E-state index >= 15 is 0 Å². The number of carbonyl (C=O) groups excluding carboxylic acids is 2. The van der Waals surface area contributed by atoms with Crippen molar-refractivity contribution < 1.29 is 18.0 Å². The lowest BCUT2D eigenvalue weighted by Gasteiger charge is -2.32. The maximum Gasteiger partial charge on any atom is 0.244 e. The summed E-state index contributed by atoms with van der Waals surface area (Å²) in [6.45, 7) is 3.03. The Kier molecular flexibility index (Phi) is 9.71. The highest BCUT2D eigenvalue weighted by atomic mass is 79.9. The quantitative estimate of drug-likeness (QED) is 0.413. The lowest BCUT2D eigenvalue weighted by Crippen LogP contribution is -2.52. The van der Waals surface area contributed by atoms with Crippen LogP contribution < -0.4 is 9.62 Å². The third-order valence-corrected chi connectivity index (χ3v) is 8.95. The predicted molar refractivity (Wildman–Crippen MR) is 148 cm³/mol. The first kappa shape index (κ1) is 28.8. The van der Waals surface area contributed by atoms with Crippen molar-refractivity contribution in [1.29, 1.82) is 0 Å². The van der Waals surface area contributed by atoms with Gasteiger partial charge in [-0.25, -0.2) is 8.42 Å². The Hall–Kier alpha value is -1.81. The van der Waals surface area contributed by atoms with Crippen LogP contribution in [0, 0.1) is 6.92 Å². The monoisotopic (exact) mass is 617 g/mol. The first-order valence-corrected chi connectivity index (χ1v) is 15.0. The molecule has 2 amide bonds. The predicted octanol–water partition coefficient (Wildman–Crippen LogP) is 5.31. The van der Waals surface area contributed by atoms with E-state index in [0.717, 1.165) is 46.3 Å². The molecule has 196 valence electrons. The van der Waals surface area contributed by atoms with Crippen LogP contribution in [0.1, 0.15) is 43.7 Å². The van der Waals surface area contributed by atoms with Crippen LogP contribution in [-0.4, -0.2) is 50.0 Å². The van der Waals surface area contributed by atoms with Gasteiger partial charge >= 0.3 is 0 Å². The van der Waals surface area contributed by atoms with Crippen molar-refractivity contribution in [3.8, 4) is 0 Å². The van der Waals surface area contributed by atoms with Gasteiger partial charge in [-0.2, -0.15) is 0 Å². The molecule has 1 aliphatic rings. The molecule has 1 aliphatic carbocycles. The molecule has 1 atom stereocenters. The lowest BCUT2D eigenvalue weighted by atomic mass is 10.1. The fourth-order valence-corrected chi connectivity index (χ4v) is 5.76. The normalized spacial score (nSPS) is 14.9. The highest BCUT2D eigenvalue weighted by molar-refractivity contribution is 9.10. The zero-order valence-electron chi connectivity index (χ0n) is 20.4.